The Morgan fingerprint density at radius 3 is 2.86 bits per heavy atom. The Morgan fingerprint density at radius 2 is 2.29 bits per heavy atom. The number of benzene rings is 1. The second-order valence-corrected chi connectivity index (χ2v) is 3.30. The Bertz CT molecular complexity index is 323. The number of aryl methyl sites for hydroxylation is 1. The summed E-state index contributed by atoms with van der Waals surface area (Å²) in [6.07, 6.45) is 0.222. The van der Waals surface area contributed by atoms with Crippen molar-refractivity contribution in [1.29, 1.82) is 0 Å². The van der Waals surface area contributed by atoms with Gasteiger partial charge in [0, 0.05) is 6.04 Å². The summed E-state index contributed by atoms with van der Waals surface area (Å²) >= 11 is 0. The monoisotopic (exact) mass is 193 g/mol. The second-order valence-electron chi connectivity index (χ2n) is 3.30. The van der Waals surface area contributed by atoms with Gasteiger partial charge in [0.1, 0.15) is 0 Å². The van der Waals surface area contributed by atoms with E-state index in [9.17, 15) is 4.79 Å². The summed E-state index contributed by atoms with van der Waals surface area (Å²) in [7, 11) is 1.37. The van der Waals surface area contributed by atoms with E-state index < -0.39 is 0 Å². The van der Waals surface area contributed by atoms with Gasteiger partial charge in [0.25, 0.3) is 0 Å². The molecule has 0 radical (unpaired) electrons. The van der Waals surface area contributed by atoms with Crippen molar-refractivity contribution >= 4 is 5.97 Å². The maximum atomic E-state index is 11.0. The topological polar surface area (TPSA) is 52.3 Å². The predicted molar refractivity (Wildman–Crippen MR) is 54.7 cm³/mol. The molecular weight excluding hydrogens is 178 g/mol. The number of nitrogens with two attached hydrogens (primary N) is 1. The fourth-order valence-electron chi connectivity index (χ4n) is 1.28. The van der Waals surface area contributed by atoms with Gasteiger partial charge in [-0.25, -0.2) is 0 Å². The van der Waals surface area contributed by atoms with Gasteiger partial charge in [0.2, 0.25) is 0 Å². The van der Waals surface area contributed by atoms with Gasteiger partial charge in [-0.2, -0.15) is 0 Å². The molecule has 0 spiro atoms. The van der Waals surface area contributed by atoms with E-state index in [-0.39, 0.29) is 18.4 Å². The van der Waals surface area contributed by atoms with Crippen LogP contribution in [0.4, 0.5) is 0 Å². The van der Waals surface area contributed by atoms with Crippen LogP contribution >= 0.6 is 0 Å². The van der Waals surface area contributed by atoms with E-state index in [2.05, 4.69) is 4.74 Å². The number of carbonyl (C=O) groups is 1. The summed E-state index contributed by atoms with van der Waals surface area (Å²) in [5, 5.41) is 0. The van der Waals surface area contributed by atoms with Crippen molar-refractivity contribution in [2.75, 3.05) is 7.11 Å². The molecule has 0 aliphatic rings. The van der Waals surface area contributed by atoms with Crippen molar-refractivity contribution in [2.45, 2.75) is 19.4 Å². The lowest BCUT2D eigenvalue weighted by Gasteiger charge is -2.10. The summed E-state index contributed by atoms with van der Waals surface area (Å²) in [5.74, 6) is -0.279. The minimum absolute atomic E-state index is 0.222. The van der Waals surface area contributed by atoms with Gasteiger partial charge in [-0.3, -0.25) is 4.79 Å². The fraction of sp³-hybridized carbons (Fsp3) is 0.364. The molecule has 3 heteroatoms. The Hall–Kier alpha value is -1.35. The van der Waals surface area contributed by atoms with Crippen molar-refractivity contribution in [3.8, 4) is 0 Å². The molecule has 0 amide bonds. The minimum Gasteiger partial charge on any atom is -0.469 e. The molecule has 0 saturated carbocycles. The lowest BCUT2D eigenvalue weighted by molar-refractivity contribution is -0.141. The number of hydrogen-bond donors (Lipinski definition) is 1. The lowest BCUT2D eigenvalue weighted by atomic mass is 10.0. The first-order valence-electron chi connectivity index (χ1n) is 4.52. The van der Waals surface area contributed by atoms with Crippen LogP contribution in [0.15, 0.2) is 24.3 Å². The largest absolute Gasteiger partial charge is 0.469 e. The van der Waals surface area contributed by atoms with Crippen molar-refractivity contribution in [1.82, 2.24) is 0 Å². The molecule has 1 aromatic carbocycles. The molecule has 0 bridgehead atoms. The van der Waals surface area contributed by atoms with E-state index in [1.807, 2.05) is 31.2 Å². The third kappa shape index (κ3) is 2.85. The molecular formula is C11H15NO2. The molecule has 1 unspecified atom stereocenters. The number of carbonyl (C=O) groups excluding carboxylic acids is 1. The molecule has 76 valence electrons. The van der Waals surface area contributed by atoms with Crippen LogP contribution in [0.2, 0.25) is 0 Å². The summed E-state index contributed by atoms with van der Waals surface area (Å²) in [6.45, 7) is 1.99. The summed E-state index contributed by atoms with van der Waals surface area (Å²) < 4.78 is 4.55. The van der Waals surface area contributed by atoms with E-state index in [1.54, 1.807) is 0 Å². The van der Waals surface area contributed by atoms with Crippen molar-refractivity contribution in [3.63, 3.8) is 0 Å². The highest BCUT2D eigenvalue weighted by Crippen LogP contribution is 2.15. The zero-order valence-electron chi connectivity index (χ0n) is 8.49. The van der Waals surface area contributed by atoms with Crippen LogP contribution in [0.25, 0.3) is 0 Å². The molecule has 0 fully saturated rings. The summed E-state index contributed by atoms with van der Waals surface area (Å²) in [6, 6.07) is 7.55. The maximum absolute atomic E-state index is 11.0. The molecule has 0 heterocycles. The van der Waals surface area contributed by atoms with Crippen LogP contribution in [-0.2, 0) is 9.53 Å². The third-order valence-electron chi connectivity index (χ3n) is 2.08. The number of esters is 1. The molecule has 14 heavy (non-hydrogen) atoms. The van der Waals surface area contributed by atoms with Gasteiger partial charge < -0.3 is 10.5 Å². The van der Waals surface area contributed by atoms with Gasteiger partial charge in [0.05, 0.1) is 13.5 Å². The Balaban J connectivity index is 2.69. The predicted octanol–water partition coefficient (Wildman–Crippen LogP) is 1.56. The number of hydrogen-bond acceptors (Lipinski definition) is 3. The van der Waals surface area contributed by atoms with Crippen LogP contribution in [0, 0.1) is 6.92 Å². The Morgan fingerprint density at radius 1 is 1.57 bits per heavy atom. The quantitative estimate of drug-likeness (QED) is 0.741. The van der Waals surface area contributed by atoms with Crippen LogP contribution < -0.4 is 5.73 Å². The Labute approximate surface area is 83.9 Å². The van der Waals surface area contributed by atoms with Gasteiger partial charge >= 0.3 is 5.97 Å². The van der Waals surface area contributed by atoms with Crippen LogP contribution in [0.5, 0.6) is 0 Å². The third-order valence-corrected chi connectivity index (χ3v) is 2.08. The maximum Gasteiger partial charge on any atom is 0.307 e. The van der Waals surface area contributed by atoms with Crippen LogP contribution in [0.3, 0.4) is 0 Å². The fourth-order valence-corrected chi connectivity index (χ4v) is 1.28. The van der Waals surface area contributed by atoms with Crippen LogP contribution in [-0.4, -0.2) is 13.1 Å². The smallest absolute Gasteiger partial charge is 0.307 e. The molecule has 1 rings (SSSR count). The molecule has 1 aromatic rings. The van der Waals surface area contributed by atoms with E-state index >= 15 is 0 Å². The highest BCUT2D eigenvalue weighted by atomic mass is 16.5. The summed E-state index contributed by atoms with van der Waals surface area (Å²) in [4.78, 5) is 11.0. The lowest BCUT2D eigenvalue weighted by Crippen LogP contribution is -2.16. The van der Waals surface area contributed by atoms with Crippen molar-refractivity contribution in [3.05, 3.63) is 35.4 Å². The van der Waals surface area contributed by atoms with Crippen LogP contribution in [0.1, 0.15) is 23.6 Å². The molecule has 3 nitrogen and oxygen atoms in total. The highest BCUT2D eigenvalue weighted by molar-refractivity contribution is 5.70. The zero-order chi connectivity index (χ0) is 10.6. The zero-order valence-corrected chi connectivity index (χ0v) is 8.49. The Kier molecular flexibility index (Phi) is 3.65. The molecule has 2 N–H and O–H groups in total. The molecule has 0 aliphatic heterocycles. The van der Waals surface area contributed by atoms with E-state index in [4.69, 9.17) is 5.73 Å². The SMILES string of the molecule is COC(=O)CC(N)c1cccc(C)c1. The van der Waals surface area contributed by atoms with E-state index in [1.165, 1.54) is 7.11 Å². The average Bonchev–Trinajstić information content (AvgIpc) is 2.17. The minimum atomic E-state index is -0.279. The normalized spacial score (nSPS) is 12.2. The van der Waals surface area contributed by atoms with E-state index in [0.717, 1.165) is 11.1 Å². The molecule has 0 aliphatic carbocycles. The molecule has 0 saturated heterocycles. The van der Waals surface area contributed by atoms with E-state index in [0.29, 0.717) is 0 Å². The van der Waals surface area contributed by atoms with Gasteiger partial charge in [-0.05, 0) is 12.5 Å². The summed E-state index contributed by atoms with van der Waals surface area (Å²) in [5.41, 5.74) is 7.95. The molecule has 1 atom stereocenters. The second kappa shape index (κ2) is 4.77. The number of methoxy groups -OCH3 is 1. The standard InChI is InChI=1S/C11H15NO2/c1-8-4-3-5-9(6-8)10(12)7-11(13)14-2/h3-6,10H,7,12H2,1-2H3. The first-order valence-corrected chi connectivity index (χ1v) is 4.52. The van der Waals surface area contributed by atoms with Gasteiger partial charge in [-0.1, -0.05) is 29.8 Å². The van der Waals surface area contributed by atoms with Gasteiger partial charge in [0.15, 0.2) is 0 Å². The highest BCUT2D eigenvalue weighted by Gasteiger charge is 2.11. The van der Waals surface area contributed by atoms with Crippen molar-refractivity contribution < 1.29 is 9.53 Å². The van der Waals surface area contributed by atoms with Crippen molar-refractivity contribution in [2.24, 2.45) is 5.73 Å². The van der Waals surface area contributed by atoms with Gasteiger partial charge in [-0.15, -0.1) is 0 Å². The number of ether oxygens (including phenoxy) is 1. The average molecular weight is 193 g/mol. The first kappa shape index (κ1) is 10.7. The first-order chi connectivity index (χ1) is 6.63. The number of rotatable bonds is 3. The molecule has 0 aromatic heterocycles.